The molecule has 6 nitrogen and oxygen atoms in total. The molecule has 1 atom stereocenters. The molecule has 21 heavy (non-hydrogen) atoms. The highest BCUT2D eigenvalue weighted by Crippen LogP contribution is 2.18. The van der Waals surface area contributed by atoms with E-state index in [0.717, 1.165) is 14.3 Å². The summed E-state index contributed by atoms with van der Waals surface area (Å²) in [5.74, 6) is -0.447. The maximum absolute atomic E-state index is 12.2. The standard InChI is InChI=1S/C13H19BrN2O4S/c1-10(11-5-4-6-12(14)9-11)15-21(18,19)16(2)8-7-13(17)20-3/h4-6,9-10,15H,7-8H2,1-3H3. The SMILES string of the molecule is COC(=O)CCN(C)S(=O)(=O)NC(C)c1cccc(Br)c1. The van der Waals surface area contributed by atoms with Gasteiger partial charge in [-0.15, -0.1) is 0 Å². The average molecular weight is 379 g/mol. The molecule has 1 aromatic rings. The largest absolute Gasteiger partial charge is 0.469 e. The Bertz CT molecular complexity index is 592. The van der Waals surface area contributed by atoms with Gasteiger partial charge in [-0.05, 0) is 24.6 Å². The van der Waals surface area contributed by atoms with Crippen LogP contribution in [0.5, 0.6) is 0 Å². The summed E-state index contributed by atoms with van der Waals surface area (Å²) in [5.41, 5.74) is 0.842. The van der Waals surface area contributed by atoms with Crippen LogP contribution >= 0.6 is 15.9 Å². The molecule has 0 spiro atoms. The van der Waals surface area contributed by atoms with E-state index in [1.165, 1.54) is 14.2 Å². The van der Waals surface area contributed by atoms with Crippen molar-refractivity contribution in [2.45, 2.75) is 19.4 Å². The zero-order valence-electron chi connectivity index (χ0n) is 12.2. The minimum absolute atomic E-state index is 0.0131. The van der Waals surface area contributed by atoms with E-state index in [4.69, 9.17) is 0 Å². The Balaban J connectivity index is 2.68. The molecular formula is C13H19BrN2O4S. The van der Waals surface area contributed by atoms with Gasteiger partial charge < -0.3 is 4.74 Å². The molecule has 1 N–H and O–H groups in total. The zero-order valence-corrected chi connectivity index (χ0v) is 14.6. The number of nitrogens with one attached hydrogen (secondary N) is 1. The Morgan fingerprint density at radius 2 is 2.14 bits per heavy atom. The van der Waals surface area contributed by atoms with Gasteiger partial charge in [0.2, 0.25) is 0 Å². The van der Waals surface area contributed by atoms with E-state index in [9.17, 15) is 13.2 Å². The van der Waals surface area contributed by atoms with Crippen molar-refractivity contribution in [1.29, 1.82) is 0 Å². The quantitative estimate of drug-likeness (QED) is 0.734. The van der Waals surface area contributed by atoms with Crippen molar-refractivity contribution in [3.05, 3.63) is 34.3 Å². The Kier molecular flexibility index (Phi) is 6.79. The topological polar surface area (TPSA) is 75.7 Å². The lowest BCUT2D eigenvalue weighted by Gasteiger charge is -2.21. The fourth-order valence-electron chi connectivity index (χ4n) is 1.63. The van der Waals surface area contributed by atoms with E-state index >= 15 is 0 Å². The van der Waals surface area contributed by atoms with E-state index < -0.39 is 16.2 Å². The summed E-state index contributed by atoms with van der Waals surface area (Å²) in [7, 11) is -0.980. The molecule has 0 bridgehead atoms. The summed E-state index contributed by atoms with van der Waals surface area (Å²) in [4.78, 5) is 11.1. The first-order chi connectivity index (χ1) is 9.76. The second-order valence-corrected chi connectivity index (χ2v) is 7.27. The molecule has 0 saturated heterocycles. The van der Waals surface area contributed by atoms with Crippen LogP contribution in [-0.4, -0.2) is 39.4 Å². The number of halogens is 1. The molecule has 0 saturated carbocycles. The molecular weight excluding hydrogens is 360 g/mol. The van der Waals surface area contributed by atoms with Crippen molar-refractivity contribution in [2.75, 3.05) is 20.7 Å². The average Bonchev–Trinajstić information content (AvgIpc) is 2.43. The number of hydrogen-bond acceptors (Lipinski definition) is 4. The van der Waals surface area contributed by atoms with Crippen LogP contribution in [0.15, 0.2) is 28.7 Å². The fourth-order valence-corrected chi connectivity index (χ4v) is 3.14. The lowest BCUT2D eigenvalue weighted by Crippen LogP contribution is -2.40. The molecule has 0 aromatic heterocycles. The third-order valence-corrected chi connectivity index (χ3v) is 5.09. The Labute approximate surface area is 133 Å². The second-order valence-electron chi connectivity index (χ2n) is 4.55. The first-order valence-corrected chi connectivity index (χ1v) is 8.55. The maximum atomic E-state index is 12.2. The van der Waals surface area contributed by atoms with E-state index in [2.05, 4.69) is 25.4 Å². The number of nitrogens with zero attached hydrogens (tertiary/aromatic N) is 1. The van der Waals surface area contributed by atoms with E-state index in [-0.39, 0.29) is 19.0 Å². The van der Waals surface area contributed by atoms with Gasteiger partial charge in [0.25, 0.3) is 10.2 Å². The zero-order chi connectivity index (χ0) is 16.0. The number of carbonyl (C=O) groups excluding carboxylic acids is 1. The number of benzene rings is 1. The van der Waals surface area contributed by atoms with Gasteiger partial charge >= 0.3 is 5.97 Å². The van der Waals surface area contributed by atoms with E-state index in [1.54, 1.807) is 6.92 Å². The fraction of sp³-hybridized carbons (Fsp3) is 0.462. The van der Waals surface area contributed by atoms with Gasteiger partial charge in [-0.3, -0.25) is 4.79 Å². The lowest BCUT2D eigenvalue weighted by molar-refractivity contribution is -0.140. The van der Waals surface area contributed by atoms with Gasteiger partial charge in [-0.25, -0.2) is 0 Å². The van der Waals surface area contributed by atoms with Crippen molar-refractivity contribution >= 4 is 32.1 Å². The van der Waals surface area contributed by atoms with Gasteiger partial charge in [0, 0.05) is 24.1 Å². The van der Waals surface area contributed by atoms with Crippen LogP contribution in [0.4, 0.5) is 0 Å². The van der Waals surface area contributed by atoms with Crippen LogP contribution < -0.4 is 4.72 Å². The Hall–Kier alpha value is -0.960. The summed E-state index contributed by atoms with van der Waals surface area (Å²) in [6, 6.07) is 7.01. The molecule has 118 valence electrons. The highest BCUT2D eigenvalue weighted by molar-refractivity contribution is 9.10. The third kappa shape index (κ3) is 5.74. The first kappa shape index (κ1) is 18.1. The van der Waals surface area contributed by atoms with Crippen molar-refractivity contribution < 1.29 is 17.9 Å². The number of rotatable bonds is 7. The normalized spacial score (nSPS) is 13.2. The van der Waals surface area contributed by atoms with Crippen molar-refractivity contribution in [2.24, 2.45) is 0 Å². The van der Waals surface area contributed by atoms with Crippen LogP contribution in [0.2, 0.25) is 0 Å². The molecule has 0 radical (unpaired) electrons. The molecule has 1 unspecified atom stereocenters. The molecule has 0 amide bonds. The first-order valence-electron chi connectivity index (χ1n) is 6.32. The van der Waals surface area contributed by atoms with Crippen molar-refractivity contribution in [1.82, 2.24) is 9.03 Å². The van der Waals surface area contributed by atoms with Gasteiger partial charge in [0.1, 0.15) is 0 Å². The van der Waals surface area contributed by atoms with Gasteiger partial charge in [-0.1, -0.05) is 28.1 Å². The maximum Gasteiger partial charge on any atom is 0.306 e. The van der Waals surface area contributed by atoms with Gasteiger partial charge in [-0.2, -0.15) is 17.4 Å². The van der Waals surface area contributed by atoms with Crippen LogP contribution in [0.3, 0.4) is 0 Å². The third-order valence-electron chi connectivity index (χ3n) is 2.94. The number of methoxy groups -OCH3 is 1. The minimum Gasteiger partial charge on any atom is -0.469 e. The molecule has 0 fully saturated rings. The van der Waals surface area contributed by atoms with Crippen LogP contribution in [0.1, 0.15) is 24.9 Å². The van der Waals surface area contributed by atoms with Gasteiger partial charge in [0.15, 0.2) is 0 Å². The van der Waals surface area contributed by atoms with Crippen LogP contribution in [-0.2, 0) is 19.7 Å². The summed E-state index contributed by atoms with van der Waals surface area (Å²) in [6.45, 7) is 1.82. The number of esters is 1. The molecule has 0 aliphatic carbocycles. The summed E-state index contributed by atoms with van der Waals surface area (Å²) >= 11 is 3.35. The van der Waals surface area contributed by atoms with Crippen molar-refractivity contribution in [3.63, 3.8) is 0 Å². The van der Waals surface area contributed by atoms with E-state index in [0.29, 0.717) is 0 Å². The second kappa shape index (κ2) is 7.88. The number of ether oxygens (including phenoxy) is 1. The predicted molar refractivity (Wildman–Crippen MR) is 83.9 cm³/mol. The van der Waals surface area contributed by atoms with Crippen LogP contribution in [0.25, 0.3) is 0 Å². The monoisotopic (exact) mass is 378 g/mol. The highest BCUT2D eigenvalue weighted by atomic mass is 79.9. The molecule has 0 aliphatic heterocycles. The smallest absolute Gasteiger partial charge is 0.306 e. The summed E-state index contributed by atoms with van der Waals surface area (Å²) in [6.07, 6.45) is 0.0131. The predicted octanol–water partition coefficient (Wildman–Crippen LogP) is 1.84. The molecule has 0 heterocycles. The highest BCUT2D eigenvalue weighted by Gasteiger charge is 2.21. The molecule has 1 aromatic carbocycles. The van der Waals surface area contributed by atoms with Crippen molar-refractivity contribution in [3.8, 4) is 0 Å². The molecule has 8 heteroatoms. The van der Waals surface area contributed by atoms with E-state index in [1.807, 2.05) is 24.3 Å². The summed E-state index contributed by atoms with van der Waals surface area (Å²) in [5, 5.41) is 0. The van der Waals surface area contributed by atoms with Gasteiger partial charge in [0.05, 0.1) is 13.5 Å². The lowest BCUT2D eigenvalue weighted by atomic mass is 10.1. The number of hydrogen-bond donors (Lipinski definition) is 1. The summed E-state index contributed by atoms with van der Waals surface area (Å²) < 4.78 is 33.3. The number of carbonyl (C=O) groups is 1. The van der Waals surface area contributed by atoms with Crippen LogP contribution in [0, 0.1) is 0 Å². The molecule has 1 rings (SSSR count). The minimum atomic E-state index is -3.66. The Morgan fingerprint density at radius 3 is 2.71 bits per heavy atom. The molecule has 0 aliphatic rings. The Morgan fingerprint density at radius 1 is 1.48 bits per heavy atom.